The van der Waals surface area contributed by atoms with Gasteiger partial charge < -0.3 is 18.7 Å². The van der Waals surface area contributed by atoms with Crippen molar-refractivity contribution in [3.63, 3.8) is 0 Å². The summed E-state index contributed by atoms with van der Waals surface area (Å²) in [4.78, 5) is 0. The molecule has 1 heterocycles. The average Bonchev–Trinajstić information content (AvgIpc) is 3.16. The van der Waals surface area contributed by atoms with Gasteiger partial charge in [0.25, 0.3) is 0 Å². The summed E-state index contributed by atoms with van der Waals surface area (Å²) in [5, 5.41) is 10.1. The first kappa shape index (κ1) is 31.4. The summed E-state index contributed by atoms with van der Waals surface area (Å²) in [6, 6.07) is 0. The molecule has 0 aromatic carbocycles. The third kappa shape index (κ3) is 7.37. The van der Waals surface area contributed by atoms with Crippen LogP contribution in [0.5, 0.6) is 0 Å². The van der Waals surface area contributed by atoms with Gasteiger partial charge in [0, 0.05) is 5.92 Å². The molecule has 2 rings (SSSR count). The summed E-state index contributed by atoms with van der Waals surface area (Å²) < 4.78 is 49.7. The molecule has 1 saturated carbocycles. The van der Waals surface area contributed by atoms with Gasteiger partial charge >= 0.3 is 0 Å². The highest BCUT2D eigenvalue weighted by Crippen LogP contribution is 2.50. The second-order valence-corrected chi connectivity index (χ2v) is 23.6. The molecule has 0 bridgehead atoms. The van der Waals surface area contributed by atoms with Crippen molar-refractivity contribution in [2.24, 2.45) is 11.8 Å². The zero-order chi connectivity index (χ0) is 27.0. The van der Waals surface area contributed by atoms with Gasteiger partial charge in [-0.2, -0.15) is 0 Å². The zero-order valence-corrected chi connectivity index (χ0v) is 26.3. The molecule has 0 spiro atoms. The van der Waals surface area contributed by atoms with Crippen LogP contribution in [0.2, 0.25) is 36.3 Å². The molecule has 3 unspecified atom stereocenters. The van der Waals surface area contributed by atoms with E-state index in [-0.39, 0.29) is 28.2 Å². The van der Waals surface area contributed by atoms with Gasteiger partial charge in [0.15, 0.2) is 29.1 Å². The zero-order valence-electron chi connectivity index (χ0n) is 24.3. The van der Waals surface area contributed by atoms with E-state index >= 15 is 8.78 Å². The molecule has 8 heteroatoms. The highest BCUT2D eigenvalue weighted by atomic mass is 28.4. The largest absolute Gasteiger partial charge is 0.414 e. The molecule has 1 aliphatic carbocycles. The van der Waals surface area contributed by atoms with Crippen molar-refractivity contribution < 1.29 is 27.5 Å². The number of halogens is 2. The molecule has 0 amide bonds. The van der Waals surface area contributed by atoms with Crippen molar-refractivity contribution in [1.82, 2.24) is 0 Å². The normalized spacial score (nSPS) is 32.1. The molecule has 208 valence electrons. The summed E-state index contributed by atoms with van der Waals surface area (Å²) in [5.41, 5.74) is 0. The summed E-state index contributed by atoms with van der Waals surface area (Å²) in [6.45, 7) is 24.0. The molecule has 8 atom stereocenters. The summed E-state index contributed by atoms with van der Waals surface area (Å²) in [5.74, 6) is -0.535. The Kier molecular flexibility index (Phi) is 10.3. The van der Waals surface area contributed by atoms with E-state index in [1.54, 1.807) is 0 Å². The number of hydrogen-bond donors (Lipinski definition) is 1. The van der Waals surface area contributed by atoms with Gasteiger partial charge in [-0.15, -0.1) is 0 Å². The number of aliphatic hydroxyl groups is 1. The first-order valence-corrected chi connectivity index (χ1v) is 19.6. The van der Waals surface area contributed by atoms with Crippen LogP contribution in [0.1, 0.15) is 87.0 Å². The van der Waals surface area contributed by atoms with E-state index in [1.165, 1.54) is 0 Å². The van der Waals surface area contributed by atoms with Crippen molar-refractivity contribution in [2.45, 2.75) is 160 Å². The molecular weight excluding hydrogens is 482 g/mol. The highest BCUT2D eigenvalue weighted by molar-refractivity contribution is 6.74. The first-order valence-electron chi connectivity index (χ1n) is 13.8. The quantitative estimate of drug-likeness (QED) is 0.274. The van der Waals surface area contributed by atoms with E-state index in [0.29, 0.717) is 25.7 Å². The summed E-state index contributed by atoms with van der Waals surface area (Å²) >= 11 is 0. The first-order chi connectivity index (χ1) is 15.8. The van der Waals surface area contributed by atoms with Gasteiger partial charge in [0.2, 0.25) is 0 Å². The second kappa shape index (κ2) is 11.5. The van der Waals surface area contributed by atoms with Gasteiger partial charge in [-0.05, 0) is 67.9 Å². The fourth-order valence-corrected chi connectivity index (χ4v) is 7.75. The van der Waals surface area contributed by atoms with Gasteiger partial charge in [-0.25, -0.2) is 8.78 Å². The Labute approximate surface area is 216 Å². The van der Waals surface area contributed by atoms with Crippen molar-refractivity contribution in [3.05, 3.63) is 0 Å². The molecule has 1 saturated heterocycles. The van der Waals surface area contributed by atoms with E-state index in [2.05, 4.69) is 74.7 Å². The van der Waals surface area contributed by atoms with Crippen LogP contribution in [-0.2, 0) is 13.6 Å². The predicted octanol–water partition coefficient (Wildman–Crippen LogP) is 7.77. The Morgan fingerprint density at radius 2 is 1.57 bits per heavy atom. The van der Waals surface area contributed by atoms with Crippen molar-refractivity contribution in [1.29, 1.82) is 0 Å². The smallest absolute Gasteiger partial charge is 0.192 e. The fraction of sp³-hybridized carbons (Fsp3) is 1.00. The van der Waals surface area contributed by atoms with Crippen molar-refractivity contribution in [2.75, 3.05) is 0 Å². The standard InChI is InChI=1S/C27H54F2O4Si2/c1-12-13-14-19(28)20(32-34(8,9)26(2,3)4)16-15-18-21(33-35(10,11)27(5,6)7)17-22-23(18)24(29)25(30)31-22/h18-25,30H,12-17H2,1-11H3/t18-,19?,20?,21+,22-,23+,24-,25?/m0/s1. The van der Waals surface area contributed by atoms with E-state index in [1.807, 2.05) is 0 Å². The Morgan fingerprint density at radius 3 is 2.09 bits per heavy atom. The molecule has 0 aromatic heterocycles. The Bertz CT molecular complexity index is 677. The van der Waals surface area contributed by atoms with Crippen LogP contribution in [0, 0.1) is 11.8 Å². The van der Waals surface area contributed by atoms with E-state index < -0.39 is 47.3 Å². The Morgan fingerprint density at radius 1 is 1.00 bits per heavy atom. The number of aliphatic hydroxyl groups excluding tert-OH is 1. The van der Waals surface area contributed by atoms with Crippen LogP contribution >= 0.6 is 0 Å². The lowest BCUT2D eigenvalue weighted by molar-refractivity contribution is -0.118. The number of unbranched alkanes of at least 4 members (excludes halogenated alkanes) is 1. The molecule has 4 nitrogen and oxygen atoms in total. The third-order valence-corrected chi connectivity index (χ3v) is 18.4. The molecular formula is C27H54F2O4Si2. The molecule has 1 aliphatic heterocycles. The molecule has 0 aromatic rings. The van der Waals surface area contributed by atoms with Crippen LogP contribution in [-0.4, -0.2) is 58.7 Å². The lowest BCUT2D eigenvalue weighted by atomic mass is 9.85. The molecule has 0 radical (unpaired) electrons. The van der Waals surface area contributed by atoms with Crippen molar-refractivity contribution in [3.8, 4) is 0 Å². The average molecular weight is 537 g/mol. The molecule has 1 N–H and O–H groups in total. The SMILES string of the molecule is CCCCC(F)C(CC[C@@H]1[C@@H]2[C@H](C[C@H]1O[Si](C)(C)C(C)(C)C)OC(O)[C@H]2F)O[Si](C)(C)C(C)(C)C. The van der Waals surface area contributed by atoms with E-state index in [4.69, 9.17) is 13.6 Å². The molecule has 2 fully saturated rings. The maximum Gasteiger partial charge on any atom is 0.192 e. The van der Waals surface area contributed by atoms with Crippen LogP contribution in [0.4, 0.5) is 8.78 Å². The number of alkyl halides is 2. The molecule has 2 aliphatic rings. The van der Waals surface area contributed by atoms with Gasteiger partial charge in [0.1, 0.15) is 6.17 Å². The van der Waals surface area contributed by atoms with Crippen LogP contribution in [0.25, 0.3) is 0 Å². The monoisotopic (exact) mass is 536 g/mol. The predicted molar refractivity (Wildman–Crippen MR) is 145 cm³/mol. The lowest BCUT2D eigenvalue weighted by Crippen LogP contribution is -2.47. The number of hydrogen-bond acceptors (Lipinski definition) is 4. The summed E-state index contributed by atoms with van der Waals surface area (Å²) in [6.07, 6.45) is -0.831. The highest BCUT2D eigenvalue weighted by Gasteiger charge is 2.57. The number of rotatable bonds is 11. The van der Waals surface area contributed by atoms with Crippen molar-refractivity contribution >= 4 is 16.6 Å². The van der Waals surface area contributed by atoms with Gasteiger partial charge in [-0.3, -0.25) is 0 Å². The van der Waals surface area contributed by atoms with Gasteiger partial charge in [-0.1, -0.05) is 61.3 Å². The summed E-state index contributed by atoms with van der Waals surface area (Å²) in [7, 11) is -4.28. The minimum Gasteiger partial charge on any atom is -0.414 e. The van der Waals surface area contributed by atoms with Gasteiger partial charge in [0.05, 0.1) is 18.3 Å². The topological polar surface area (TPSA) is 47.9 Å². The van der Waals surface area contributed by atoms with Crippen LogP contribution < -0.4 is 0 Å². The van der Waals surface area contributed by atoms with Crippen LogP contribution in [0.3, 0.4) is 0 Å². The number of ether oxygens (including phenoxy) is 1. The Hall–Kier alpha value is 0.134. The molecule has 35 heavy (non-hydrogen) atoms. The second-order valence-electron chi connectivity index (χ2n) is 14.1. The Balaban J connectivity index is 2.26. The lowest BCUT2D eigenvalue weighted by Gasteiger charge is -2.42. The maximum atomic E-state index is 15.5. The van der Waals surface area contributed by atoms with Crippen LogP contribution in [0.15, 0.2) is 0 Å². The van der Waals surface area contributed by atoms with E-state index in [9.17, 15) is 5.11 Å². The maximum absolute atomic E-state index is 15.5. The fourth-order valence-electron chi connectivity index (χ4n) is 5.00. The minimum absolute atomic E-state index is 0.0183. The third-order valence-electron chi connectivity index (χ3n) is 9.35. The minimum atomic E-state index is -2.18. The van der Waals surface area contributed by atoms with E-state index in [0.717, 1.165) is 12.8 Å². The number of fused-ring (bicyclic) bond motifs is 1.